The van der Waals surface area contributed by atoms with Gasteiger partial charge in [-0.15, -0.1) is 0 Å². The van der Waals surface area contributed by atoms with Crippen molar-refractivity contribution < 1.29 is 9.90 Å². The number of carbonyl (C=O) groups is 1. The van der Waals surface area contributed by atoms with Gasteiger partial charge in [0.05, 0.1) is 6.34 Å². The predicted molar refractivity (Wildman–Crippen MR) is 51.6 cm³/mol. The number of carboxylic acid groups (broad SMARTS) is 1. The lowest BCUT2D eigenvalue weighted by Gasteiger charge is -2.06. The highest BCUT2D eigenvalue weighted by Gasteiger charge is 2.04. The third-order valence-electron chi connectivity index (χ3n) is 1.03. The van der Waals surface area contributed by atoms with E-state index in [4.69, 9.17) is 5.11 Å². The van der Waals surface area contributed by atoms with Crippen molar-refractivity contribution in [2.75, 3.05) is 28.2 Å². The molecule has 0 radical (unpaired) electrons. The Bertz CT molecular complexity index is 232. The van der Waals surface area contributed by atoms with Gasteiger partial charge in [-0.05, 0) is 0 Å². The first-order valence-electron chi connectivity index (χ1n) is 3.75. The molecule has 0 aromatic rings. The van der Waals surface area contributed by atoms with Gasteiger partial charge in [-0.1, -0.05) is 0 Å². The molecule has 5 heteroatoms. The van der Waals surface area contributed by atoms with Crippen LogP contribution in [-0.2, 0) is 4.79 Å². The fourth-order valence-corrected chi connectivity index (χ4v) is 0.566. The number of hydrogen-bond acceptors (Lipinski definition) is 3. The summed E-state index contributed by atoms with van der Waals surface area (Å²) in [5, 5.41) is 8.71. The van der Waals surface area contributed by atoms with Gasteiger partial charge in [-0.3, -0.25) is 0 Å². The fraction of sp³-hybridized carbons (Fsp3) is 0.500. The monoisotopic (exact) mass is 185 g/mol. The zero-order valence-electron chi connectivity index (χ0n) is 8.35. The zero-order valence-corrected chi connectivity index (χ0v) is 8.35. The van der Waals surface area contributed by atoms with Crippen LogP contribution in [0.3, 0.4) is 0 Å². The van der Waals surface area contributed by atoms with E-state index in [2.05, 4.69) is 4.99 Å². The van der Waals surface area contributed by atoms with Crippen molar-refractivity contribution in [1.29, 1.82) is 0 Å². The van der Waals surface area contributed by atoms with Crippen molar-refractivity contribution in [1.82, 2.24) is 9.80 Å². The molecule has 1 N–H and O–H groups in total. The summed E-state index contributed by atoms with van der Waals surface area (Å²) >= 11 is 0. The van der Waals surface area contributed by atoms with Gasteiger partial charge in [0.25, 0.3) is 0 Å². The topological polar surface area (TPSA) is 56.1 Å². The van der Waals surface area contributed by atoms with Crippen molar-refractivity contribution in [2.45, 2.75) is 0 Å². The van der Waals surface area contributed by atoms with Gasteiger partial charge in [-0.2, -0.15) is 0 Å². The van der Waals surface area contributed by atoms with E-state index in [0.29, 0.717) is 0 Å². The molecule has 0 rings (SSSR count). The highest BCUT2D eigenvalue weighted by atomic mass is 16.4. The average Bonchev–Trinajstić information content (AvgIpc) is 1.96. The highest BCUT2D eigenvalue weighted by molar-refractivity contribution is 5.87. The second kappa shape index (κ2) is 5.18. The average molecular weight is 185 g/mol. The van der Waals surface area contributed by atoms with Crippen LogP contribution < -0.4 is 0 Å². The third-order valence-corrected chi connectivity index (χ3v) is 1.03. The number of aliphatic imine (C=N–C) groups is 1. The van der Waals surface area contributed by atoms with Crippen LogP contribution >= 0.6 is 0 Å². The van der Waals surface area contributed by atoms with Crippen LogP contribution in [0.1, 0.15) is 0 Å². The summed E-state index contributed by atoms with van der Waals surface area (Å²) in [6, 6.07) is 0. The van der Waals surface area contributed by atoms with Crippen LogP contribution in [0.5, 0.6) is 0 Å². The van der Waals surface area contributed by atoms with E-state index in [1.54, 1.807) is 38.0 Å². The summed E-state index contributed by atoms with van der Waals surface area (Å²) in [5.41, 5.74) is 0.0127. The SMILES string of the molecule is CN(C)/C=N/C(=C/N(C)C)C(=O)O. The maximum Gasteiger partial charge on any atom is 0.356 e. The molecule has 0 heterocycles. The molecule has 0 bridgehead atoms. The molecule has 13 heavy (non-hydrogen) atoms. The summed E-state index contributed by atoms with van der Waals surface area (Å²) in [4.78, 5) is 17.7. The first-order chi connectivity index (χ1) is 5.93. The molecule has 0 unspecified atom stereocenters. The summed E-state index contributed by atoms with van der Waals surface area (Å²) in [6.07, 6.45) is 2.89. The van der Waals surface area contributed by atoms with E-state index in [0.717, 1.165) is 0 Å². The van der Waals surface area contributed by atoms with Crippen LogP contribution in [-0.4, -0.2) is 55.4 Å². The van der Waals surface area contributed by atoms with Gasteiger partial charge in [0.15, 0.2) is 5.70 Å². The molecule has 0 saturated carbocycles. The van der Waals surface area contributed by atoms with Crippen LogP contribution in [0, 0.1) is 0 Å². The fourth-order valence-electron chi connectivity index (χ4n) is 0.566. The Morgan fingerprint density at radius 3 is 2.08 bits per heavy atom. The molecule has 0 aliphatic heterocycles. The van der Waals surface area contributed by atoms with Crippen molar-refractivity contribution >= 4 is 12.3 Å². The third kappa shape index (κ3) is 5.72. The van der Waals surface area contributed by atoms with Crippen molar-refractivity contribution in [3.8, 4) is 0 Å². The Morgan fingerprint density at radius 1 is 1.23 bits per heavy atom. The molecular weight excluding hydrogens is 170 g/mol. The Kier molecular flexibility index (Phi) is 4.58. The van der Waals surface area contributed by atoms with E-state index in [1.807, 2.05) is 0 Å². The highest BCUT2D eigenvalue weighted by Crippen LogP contribution is 1.97. The minimum atomic E-state index is -1.04. The molecule has 0 aromatic carbocycles. The molecule has 0 saturated heterocycles. The molecule has 0 fully saturated rings. The van der Waals surface area contributed by atoms with E-state index in [9.17, 15) is 4.79 Å². The van der Waals surface area contributed by atoms with E-state index in [1.165, 1.54) is 12.5 Å². The first-order valence-corrected chi connectivity index (χ1v) is 3.75. The first kappa shape index (κ1) is 11.5. The largest absolute Gasteiger partial charge is 0.476 e. The number of aliphatic carboxylic acids is 1. The van der Waals surface area contributed by atoms with Crippen LogP contribution in [0.25, 0.3) is 0 Å². The minimum Gasteiger partial charge on any atom is -0.476 e. The molecule has 0 aliphatic carbocycles. The number of carboxylic acids is 1. The van der Waals surface area contributed by atoms with Gasteiger partial charge in [0.1, 0.15) is 0 Å². The van der Waals surface area contributed by atoms with Gasteiger partial charge in [0, 0.05) is 34.4 Å². The van der Waals surface area contributed by atoms with E-state index in [-0.39, 0.29) is 5.70 Å². The van der Waals surface area contributed by atoms with Gasteiger partial charge < -0.3 is 14.9 Å². The van der Waals surface area contributed by atoms with Crippen molar-refractivity contribution in [2.24, 2.45) is 4.99 Å². The van der Waals surface area contributed by atoms with Crippen LogP contribution in [0.2, 0.25) is 0 Å². The van der Waals surface area contributed by atoms with E-state index >= 15 is 0 Å². The Morgan fingerprint density at radius 2 is 1.77 bits per heavy atom. The summed E-state index contributed by atoms with van der Waals surface area (Å²) in [5.74, 6) is -1.04. The zero-order chi connectivity index (χ0) is 10.4. The van der Waals surface area contributed by atoms with Crippen LogP contribution in [0.15, 0.2) is 16.9 Å². The molecule has 0 aliphatic rings. The summed E-state index contributed by atoms with van der Waals surface area (Å²) in [6.45, 7) is 0. The second-order valence-corrected chi connectivity index (χ2v) is 2.99. The van der Waals surface area contributed by atoms with Crippen molar-refractivity contribution in [3.63, 3.8) is 0 Å². The Hall–Kier alpha value is -1.52. The Balaban J connectivity index is 4.54. The lowest BCUT2D eigenvalue weighted by Crippen LogP contribution is -2.11. The van der Waals surface area contributed by atoms with Gasteiger partial charge in [0.2, 0.25) is 0 Å². The standard InChI is InChI=1S/C8H15N3O2/c1-10(2)5-7(8(12)13)9-6-11(3)4/h5-6H,1-4H3,(H,12,13)/b7-5+,9-6+. The molecule has 74 valence electrons. The number of nitrogens with zero attached hydrogens (tertiary/aromatic N) is 3. The molecule has 0 aromatic heterocycles. The lowest BCUT2D eigenvalue weighted by atomic mass is 10.5. The van der Waals surface area contributed by atoms with Gasteiger partial charge in [-0.25, -0.2) is 9.79 Å². The maximum atomic E-state index is 10.6. The summed E-state index contributed by atoms with van der Waals surface area (Å²) in [7, 11) is 7.04. The van der Waals surface area contributed by atoms with Crippen molar-refractivity contribution in [3.05, 3.63) is 11.9 Å². The molecule has 5 nitrogen and oxygen atoms in total. The van der Waals surface area contributed by atoms with Crippen LogP contribution in [0.4, 0.5) is 0 Å². The number of rotatable bonds is 4. The summed E-state index contributed by atoms with van der Waals surface area (Å²) < 4.78 is 0. The second-order valence-electron chi connectivity index (χ2n) is 2.99. The van der Waals surface area contributed by atoms with Gasteiger partial charge >= 0.3 is 5.97 Å². The van der Waals surface area contributed by atoms with E-state index < -0.39 is 5.97 Å². The Labute approximate surface area is 78.0 Å². The normalized spacial score (nSPS) is 11.8. The number of hydrogen-bond donors (Lipinski definition) is 1. The minimum absolute atomic E-state index is 0.0127. The lowest BCUT2D eigenvalue weighted by molar-refractivity contribution is -0.132. The maximum absolute atomic E-state index is 10.6. The molecular formula is C8H15N3O2. The quantitative estimate of drug-likeness (QED) is 0.382. The molecule has 0 amide bonds. The molecule has 0 spiro atoms. The smallest absolute Gasteiger partial charge is 0.356 e. The predicted octanol–water partition coefficient (Wildman–Crippen LogP) is 0.0639. The molecule has 0 atom stereocenters.